The standard InChI is InChI=1S/C20H25F2NO/c1-14-11-17(24)7-9-23(14)10-8-18-19(21)12-16(13-20(18)22)15-5-3-2-4-6-15/h3,5-6,12-14,17,24H,2,4,7-11H2,1H3. The van der Waals surface area contributed by atoms with Gasteiger partial charge in [-0.1, -0.05) is 18.2 Å². The van der Waals surface area contributed by atoms with E-state index in [9.17, 15) is 13.9 Å². The van der Waals surface area contributed by atoms with Gasteiger partial charge in [0.2, 0.25) is 0 Å². The number of nitrogens with zero attached hydrogens (tertiary/aromatic N) is 1. The van der Waals surface area contributed by atoms with Crippen molar-refractivity contribution in [3.63, 3.8) is 0 Å². The molecule has 130 valence electrons. The molecule has 0 amide bonds. The molecule has 3 rings (SSSR count). The number of benzene rings is 1. The van der Waals surface area contributed by atoms with Crippen LogP contribution in [0.5, 0.6) is 0 Å². The third kappa shape index (κ3) is 3.93. The number of rotatable bonds is 4. The van der Waals surface area contributed by atoms with Crippen LogP contribution in [0, 0.1) is 11.6 Å². The third-order valence-corrected chi connectivity index (χ3v) is 5.10. The van der Waals surface area contributed by atoms with Gasteiger partial charge in [-0.15, -0.1) is 0 Å². The highest BCUT2D eigenvalue weighted by Gasteiger charge is 2.24. The molecule has 2 aliphatic rings. The zero-order chi connectivity index (χ0) is 17.1. The highest BCUT2D eigenvalue weighted by Crippen LogP contribution is 2.26. The van der Waals surface area contributed by atoms with Gasteiger partial charge in [-0.3, -0.25) is 0 Å². The Labute approximate surface area is 142 Å². The van der Waals surface area contributed by atoms with Crippen LogP contribution in [0.25, 0.3) is 5.57 Å². The minimum atomic E-state index is -0.463. The van der Waals surface area contributed by atoms with Crippen molar-refractivity contribution in [2.24, 2.45) is 0 Å². The number of piperidine rings is 1. The fourth-order valence-corrected chi connectivity index (χ4v) is 3.62. The second-order valence-electron chi connectivity index (χ2n) is 6.87. The Morgan fingerprint density at radius 3 is 2.58 bits per heavy atom. The molecule has 1 aliphatic heterocycles. The van der Waals surface area contributed by atoms with Gasteiger partial charge in [0.15, 0.2) is 0 Å². The van der Waals surface area contributed by atoms with Crippen LogP contribution in [-0.4, -0.2) is 35.2 Å². The molecule has 1 saturated heterocycles. The summed E-state index contributed by atoms with van der Waals surface area (Å²) in [6, 6.07) is 3.14. The molecule has 24 heavy (non-hydrogen) atoms. The van der Waals surface area contributed by atoms with Crippen LogP contribution in [0.4, 0.5) is 8.78 Å². The van der Waals surface area contributed by atoms with E-state index in [0.29, 0.717) is 18.5 Å². The Bertz CT molecular complexity index is 630. The van der Waals surface area contributed by atoms with Gasteiger partial charge in [0.1, 0.15) is 11.6 Å². The van der Waals surface area contributed by atoms with Crippen LogP contribution in [0.15, 0.2) is 30.4 Å². The molecular formula is C20H25F2NO. The van der Waals surface area contributed by atoms with E-state index in [-0.39, 0.29) is 17.7 Å². The van der Waals surface area contributed by atoms with Crippen LogP contribution in [0.2, 0.25) is 0 Å². The number of hydrogen-bond donors (Lipinski definition) is 1. The molecule has 1 aromatic rings. The van der Waals surface area contributed by atoms with Crippen LogP contribution >= 0.6 is 0 Å². The van der Waals surface area contributed by atoms with Gasteiger partial charge in [0, 0.05) is 24.7 Å². The van der Waals surface area contributed by atoms with E-state index in [1.807, 2.05) is 18.2 Å². The number of halogens is 2. The van der Waals surface area contributed by atoms with Crippen LogP contribution < -0.4 is 0 Å². The van der Waals surface area contributed by atoms with Gasteiger partial charge in [-0.05, 0) is 62.3 Å². The van der Waals surface area contributed by atoms with E-state index in [4.69, 9.17) is 0 Å². The fraction of sp³-hybridized carbons (Fsp3) is 0.500. The van der Waals surface area contributed by atoms with Crippen LogP contribution in [0.1, 0.15) is 43.7 Å². The lowest BCUT2D eigenvalue weighted by Gasteiger charge is -2.35. The van der Waals surface area contributed by atoms with Crippen molar-refractivity contribution in [3.05, 3.63) is 53.1 Å². The van der Waals surface area contributed by atoms with Crippen LogP contribution in [0.3, 0.4) is 0 Å². The SMILES string of the molecule is CC1CC(O)CCN1CCc1c(F)cc(C2=CCCC=C2)cc1F. The molecule has 0 aromatic heterocycles. The summed E-state index contributed by atoms with van der Waals surface area (Å²) < 4.78 is 28.9. The van der Waals surface area contributed by atoms with Crippen molar-refractivity contribution in [1.82, 2.24) is 4.90 Å². The zero-order valence-corrected chi connectivity index (χ0v) is 14.1. The molecular weight excluding hydrogens is 308 g/mol. The molecule has 1 N–H and O–H groups in total. The molecule has 4 heteroatoms. The summed E-state index contributed by atoms with van der Waals surface area (Å²) in [6.45, 7) is 3.45. The third-order valence-electron chi connectivity index (χ3n) is 5.10. The summed E-state index contributed by atoms with van der Waals surface area (Å²) in [5.41, 5.74) is 1.67. The fourth-order valence-electron chi connectivity index (χ4n) is 3.62. The summed E-state index contributed by atoms with van der Waals surface area (Å²) >= 11 is 0. The molecule has 1 heterocycles. The Morgan fingerprint density at radius 1 is 1.21 bits per heavy atom. The average molecular weight is 333 g/mol. The predicted molar refractivity (Wildman–Crippen MR) is 92.7 cm³/mol. The second-order valence-corrected chi connectivity index (χ2v) is 6.87. The lowest BCUT2D eigenvalue weighted by Crippen LogP contribution is -2.43. The maximum Gasteiger partial charge on any atom is 0.129 e. The first-order valence-corrected chi connectivity index (χ1v) is 8.81. The molecule has 0 saturated carbocycles. The van der Waals surface area contributed by atoms with Crippen molar-refractivity contribution in [2.75, 3.05) is 13.1 Å². The quantitative estimate of drug-likeness (QED) is 0.897. The average Bonchev–Trinajstić information content (AvgIpc) is 2.56. The van der Waals surface area contributed by atoms with Crippen molar-refractivity contribution < 1.29 is 13.9 Å². The number of aliphatic hydroxyl groups is 1. The van der Waals surface area contributed by atoms with Gasteiger partial charge in [0.05, 0.1) is 6.10 Å². The molecule has 2 unspecified atom stereocenters. The summed E-state index contributed by atoms with van der Waals surface area (Å²) in [6.07, 6.45) is 9.44. The van der Waals surface area contributed by atoms with Gasteiger partial charge in [0.25, 0.3) is 0 Å². The van der Waals surface area contributed by atoms with E-state index in [1.54, 1.807) is 0 Å². The van der Waals surface area contributed by atoms with Crippen LogP contribution in [-0.2, 0) is 6.42 Å². The number of likely N-dealkylation sites (tertiary alicyclic amines) is 1. The lowest BCUT2D eigenvalue weighted by atomic mass is 9.96. The smallest absolute Gasteiger partial charge is 0.129 e. The van der Waals surface area contributed by atoms with Gasteiger partial charge in [-0.2, -0.15) is 0 Å². The van der Waals surface area contributed by atoms with Crippen molar-refractivity contribution in [1.29, 1.82) is 0 Å². The molecule has 0 spiro atoms. The molecule has 0 bridgehead atoms. The maximum absolute atomic E-state index is 14.4. The minimum absolute atomic E-state index is 0.164. The zero-order valence-electron chi connectivity index (χ0n) is 14.1. The molecule has 2 atom stereocenters. The van der Waals surface area contributed by atoms with Crippen molar-refractivity contribution in [3.8, 4) is 0 Å². The van der Waals surface area contributed by atoms with Crippen molar-refractivity contribution in [2.45, 2.75) is 51.2 Å². The highest BCUT2D eigenvalue weighted by atomic mass is 19.1. The molecule has 0 radical (unpaired) electrons. The molecule has 1 aromatic carbocycles. The first-order valence-electron chi connectivity index (χ1n) is 8.81. The first kappa shape index (κ1) is 17.3. The number of aliphatic hydroxyl groups excluding tert-OH is 1. The molecule has 1 aliphatic carbocycles. The van der Waals surface area contributed by atoms with Crippen molar-refractivity contribution >= 4 is 5.57 Å². The Morgan fingerprint density at radius 2 is 1.96 bits per heavy atom. The van der Waals surface area contributed by atoms with E-state index < -0.39 is 11.6 Å². The predicted octanol–water partition coefficient (Wildman–Crippen LogP) is 4.09. The first-order chi connectivity index (χ1) is 11.5. The van der Waals surface area contributed by atoms with E-state index in [0.717, 1.165) is 37.8 Å². The second kappa shape index (κ2) is 7.58. The lowest BCUT2D eigenvalue weighted by molar-refractivity contribution is 0.0488. The Balaban J connectivity index is 1.70. The largest absolute Gasteiger partial charge is 0.393 e. The Hall–Kier alpha value is -1.52. The van der Waals surface area contributed by atoms with Gasteiger partial charge >= 0.3 is 0 Å². The van der Waals surface area contributed by atoms with Gasteiger partial charge < -0.3 is 10.0 Å². The Kier molecular flexibility index (Phi) is 5.47. The summed E-state index contributed by atoms with van der Waals surface area (Å²) in [7, 11) is 0. The van der Waals surface area contributed by atoms with E-state index in [2.05, 4.69) is 11.8 Å². The van der Waals surface area contributed by atoms with E-state index in [1.165, 1.54) is 12.1 Å². The van der Waals surface area contributed by atoms with Gasteiger partial charge in [-0.25, -0.2) is 8.78 Å². The highest BCUT2D eigenvalue weighted by molar-refractivity contribution is 5.75. The number of allylic oxidation sites excluding steroid dienone is 4. The van der Waals surface area contributed by atoms with E-state index >= 15 is 0 Å². The topological polar surface area (TPSA) is 23.5 Å². The summed E-state index contributed by atoms with van der Waals surface area (Å²) in [5.74, 6) is -0.927. The normalized spacial score (nSPS) is 24.9. The molecule has 2 nitrogen and oxygen atoms in total. The maximum atomic E-state index is 14.4. The monoisotopic (exact) mass is 333 g/mol. The number of hydrogen-bond acceptors (Lipinski definition) is 2. The summed E-state index contributed by atoms with van der Waals surface area (Å²) in [4.78, 5) is 2.20. The summed E-state index contributed by atoms with van der Waals surface area (Å²) in [5, 5.41) is 9.67. The molecule has 1 fully saturated rings. The minimum Gasteiger partial charge on any atom is -0.393 e.